The van der Waals surface area contributed by atoms with Crippen LogP contribution in [0.5, 0.6) is 0 Å². The number of nitrogens with zero attached hydrogens (tertiary/aromatic N) is 2. The van der Waals surface area contributed by atoms with Gasteiger partial charge in [0.05, 0.1) is 6.20 Å². The molecule has 1 heterocycles. The first kappa shape index (κ1) is 7.41. The Morgan fingerprint density at radius 1 is 1.80 bits per heavy atom. The second kappa shape index (κ2) is 2.92. The molecular formula is C6H10ClN3. The molecule has 1 aromatic heterocycles. The van der Waals surface area contributed by atoms with Crippen LogP contribution in [-0.4, -0.2) is 9.78 Å². The summed E-state index contributed by atoms with van der Waals surface area (Å²) in [5, 5.41) is 4.50. The summed E-state index contributed by atoms with van der Waals surface area (Å²) in [7, 11) is 0. The molecule has 0 unspecified atom stereocenters. The zero-order valence-electron chi connectivity index (χ0n) is 5.84. The average Bonchev–Trinajstić information content (AvgIpc) is 2.20. The molecule has 0 aliphatic rings. The molecule has 0 radical (unpaired) electrons. The number of aryl methyl sites for hydroxylation is 1. The molecule has 4 heteroatoms. The maximum atomic E-state index is 5.66. The number of nitrogen functional groups attached to an aromatic ring is 1. The molecule has 2 N–H and O–H groups in total. The minimum Gasteiger partial charge on any atom is -0.383 e. The first-order valence-electron chi connectivity index (χ1n) is 3.22. The fraction of sp³-hybridized carbons (Fsp3) is 0.500. The summed E-state index contributed by atoms with van der Waals surface area (Å²) in [4.78, 5) is 0. The lowest BCUT2D eigenvalue weighted by molar-refractivity contribution is 0.611. The van der Waals surface area contributed by atoms with Gasteiger partial charge in [-0.2, -0.15) is 5.10 Å². The summed E-state index contributed by atoms with van der Waals surface area (Å²) < 4.78 is 1.70. The van der Waals surface area contributed by atoms with Gasteiger partial charge in [0.1, 0.15) is 10.8 Å². The molecule has 1 aromatic rings. The van der Waals surface area contributed by atoms with E-state index in [9.17, 15) is 0 Å². The lowest BCUT2D eigenvalue weighted by atomic mass is 10.5. The fourth-order valence-corrected chi connectivity index (χ4v) is 0.903. The third-order valence-electron chi connectivity index (χ3n) is 1.27. The lowest BCUT2D eigenvalue weighted by Gasteiger charge is -1.99. The summed E-state index contributed by atoms with van der Waals surface area (Å²) in [5.74, 6) is 0.559. The van der Waals surface area contributed by atoms with Crippen molar-refractivity contribution >= 4 is 17.4 Å². The Bertz CT molecular complexity index is 219. The van der Waals surface area contributed by atoms with Crippen molar-refractivity contribution in [3.05, 3.63) is 11.2 Å². The first-order chi connectivity index (χ1) is 4.75. The highest BCUT2D eigenvalue weighted by Gasteiger charge is 2.01. The van der Waals surface area contributed by atoms with Crippen LogP contribution in [0, 0.1) is 0 Å². The van der Waals surface area contributed by atoms with Crippen LogP contribution in [0.1, 0.15) is 13.3 Å². The minimum absolute atomic E-state index is 0.536. The average molecular weight is 160 g/mol. The van der Waals surface area contributed by atoms with E-state index in [4.69, 9.17) is 17.3 Å². The third kappa shape index (κ3) is 1.24. The van der Waals surface area contributed by atoms with Gasteiger partial charge in [0, 0.05) is 6.54 Å². The number of anilines is 1. The smallest absolute Gasteiger partial charge is 0.140 e. The van der Waals surface area contributed by atoms with Gasteiger partial charge in [0.25, 0.3) is 0 Å². The van der Waals surface area contributed by atoms with E-state index in [-0.39, 0.29) is 0 Å². The van der Waals surface area contributed by atoms with Gasteiger partial charge in [0.15, 0.2) is 0 Å². The molecule has 10 heavy (non-hydrogen) atoms. The molecule has 0 aliphatic carbocycles. The molecule has 0 spiro atoms. The number of hydrogen-bond acceptors (Lipinski definition) is 2. The molecule has 0 amide bonds. The van der Waals surface area contributed by atoms with Crippen LogP contribution in [0.4, 0.5) is 5.82 Å². The summed E-state index contributed by atoms with van der Waals surface area (Å²) in [6, 6.07) is 0. The third-order valence-corrected chi connectivity index (χ3v) is 1.56. The van der Waals surface area contributed by atoms with E-state index in [2.05, 4.69) is 12.0 Å². The van der Waals surface area contributed by atoms with Crippen molar-refractivity contribution in [2.24, 2.45) is 0 Å². The number of aromatic nitrogens is 2. The van der Waals surface area contributed by atoms with Crippen LogP contribution in [-0.2, 0) is 6.54 Å². The van der Waals surface area contributed by atoms with E-state index in [1.165, 1.54) is 0 Å². The number of hydrogen-bond donors (Lipinski definition) is 1. The van der Waals surface area contributed by atoms with Crippen LogP contribution in [0.15, 0.2) is 6.20 Å². The highest BCUT2D eigenvalue weighted by Crippen LogP contribution is 2.16. The monoisotopic (exact) mass is 159 g/mol. The Balaban J connectivity index is 2.83. The topological polar surface area (TPSA) is 43.8 Å². The summed E-state index contributed by atoms with van der Waals surface area (Å²) >= 11 is 5.66. The summed E-state index contributed by atoms with van der Waals surface area (Å²) in [5.41, 5.74) is 5.56. The molecule has 0 saturated carbocycles. The summed E-state index contributed by atoms with van der Waals surface area (Å²) in [6.45, 7) is 2.90. The second-order valence-corrected chi connectivity index (χ2v) is 2.51. The van der Waals surface area contributed by atoms with Crippen molar-refractivity contribution in [2.75, 3.05) is 5.73 Å². The Morgan fingerprint density at radius 3 is 2.90 bits per heavy atom. The van der Waals surface area contributed by atoms with Gasteiger partial charge in [-0.1, -0.05) is 18.5 Å². The van der Waals surface area contributed by atoms with Crippen molar-refractivity contribution in [3.63, 3.8) is 0 Å². The van der Waals surface area contributed by atoms with Gasteiger partial charge in [0.2, 0.25) is 0 Å². The predicted molar refractivity (Wildman–Crippen MR) is 41.9 cm³/mol. The molecule has 3 nitrogen and oxygen atoms in total. The van der Waals surface area contributed by atoms with Crippen molar-refractivity contribution in [1.29, 1.82) is 0 Å². The largest absolute Gasteiger partial charge is 0.383 e. The standard InChI is InChI=1S/C6H10ClN3/c1-2-3-10-6(8)5(7)4-9-10/h4H,2-3,8H2,1H3. The molecule has 0 atom stereocenters. The van der Waals surface area contributed by atoms with Gasteiger partial charge >= 0.3 is 0 Å². The van der Waals surface area contributed by atoms with E-state index >= 15 is 0 Å². The van der Waals surface area contributed by atoms with Crippen molar-refractivity contribution < 1.29 is 0 Å². The molecule has 0 bridgehead atoms. The second-order valence-electron chi connectivity index (χ2n) is 2.10. The Hall–Kier alpha value is -0.700. The van der Waals surface area contributed by atoms with Crippen LogP contribution in [0.3, 0.4) is 0 Å². The van der Waals surface area contributed by atoms with Crippen molar-refractivity contribution in [2.45, 2.75) is 19.9 Å². The molecule has 56 valence electrons. The van der Waals surface area contributed by atoms with Gasteiger partial charge in [-0.3, -0.25) is 0 Å². The van der Waals surface area contributed by atoms with Crippen molar-refractivity contribution in [3.8, 4) is 0 Å². The van der Waals surface area contributed by atoms with Crippen LogP contribution >= 0.6 is 11.6 Å². The van der Waals surface area contributed by atoms with E-state index in [0.29, 0.717) is 10.8 Å². The molecule has 0 fully saturated rings. The predicted octanol–water partition coefficient (Wildman–Crippen LogP) is 1.53. The van der Waals surface area contributed by atoms with Crippen LogP contribution in [0.25, 0.3) is 0 Å². The van der Waals surface area contributed by atoms with Gasteiger partial charge in [-0.15, -0.1) is 0 Å². The van der Waals surface area contributed by atoms with E-state index in [1.807, 2.05) is 0 Å². The van der Waals surface area contributed by atoms with E-state index < -0.39 is 0 Å². The lowest BCUT2D eigenvalue weighted by Crippen LogP contribution is -2.03. The highest BCUT2D eigenvalue weighted by molar-refractivity contribution is 6.32. The quantitative estimate of drug-likeness (QED) is 0.711. The maximum Gasteiger partial charge on any atom is 0.140 e. The summed E-state index contributed by atoms with van der Waals surface area (Å²) in [6.07, 6.45) is 2.58. The molecular weight excluding hydrogens is 150 g/mol. The van der Waals surface area contributed by atoms with E-state index in [1.54, 1.807) is 10.9 Å². The normalized spacial score (nSPS) is 10.2. The zero-order valence-corrected chi connectivity index (χ0v) is 6.60. The Labute approximate surface area is 64.8 Å². The Morgan fingerprint density at radius 2 is 2.50 bits per heavy atom. The number of nitrogens with two attached hydrogens (primary N) is 1. The molecule has 1 rings (SSSR count). The molecule has 0 aromatic carbocycles. The number of halogens is 1. The van der Waals surface area contributed by atoms with Gasteiger partial charge < -0.3 is 5.73 Å². The maximum absolute atomic E-state index is 5.66. The van der Waals surface area contributed by atoms with E-state index in [0.717, 1.165) is 13.0 Å². The molecule has 0 saturated heterocycles. The fourth-order valence-electron chi connectivity index (χ4n) is 0.762. The minimum atomic E-state index is 0.536. The SMILES string of the molecule is CCCn1ncc(Cl)c1N. The van der Waals surface area contributed by atoms with Crippen LogP contribution in [0.2, 0.25) is 5.02 Å². The highest BCUT2D eigenvalue weighted by atomic mass is 35.5. The number of rotatable bonds is 2. The first-order valence-corrected chi connectivity index (χ1v) is 3.60. The van der Waals surface area contributed by atoms with Crippen LogP contribution < -0.4 is 5.73 Å². The Kier molecular flexibility index (Phi) is 2.17. The van der Waals surface area contributed by atoms with Crippen molar-refractivity contribution in [1.82, 2.24) is 9.78 Å². The van der Waals surface area contributed by atoms with Gasteiger partial charge in [-0.25, -0.2) is 4.68 Å². The molecule has 0 aliphatic heterocycles. The zero-order chi connectivity index (χ0) is 7.56. The van der Waals surface area contributed by atoms with Gasteiger partial charge in [-0.05, 0) is 6.42 Å².